The van der Waals surface area contributed by atoms with Crippen LogP contribution in [0.3, 0.4) is 0 Å². The zero-order chi connectivity index (χ0) is 15.9. The lowest BCUT2D eigenvalue weighted by Gasteiger charge is -2.23. The van der Waals surface area contributed by atoms with Gasteiger partial charge in [-0.1, -0.05) is 0 Å². The fourth-order valence-electron chi connectivity index (χ4n) is 2.91. The molecule has 0 bridgehead atoms. The molecule has 1 aliphatic heterocycles. The second-order valence-corrected chi connectivity index (χ2v) is 6.78. The average molecular weight is 318 g/mol. The van der Waals surface area contributed by atoms with Crippen molar-refractivity contribution in [1.29, 1.82) is 0 Å². The van der Waals surface area contributed by atoms with Crippen molar-refractivity contribution in [3.63, 3.8) is 0 Å². The monoisotopic (exact) mass is 318 g/mol. The molecule has 0 aliphatic carbocycles. The summed E-state index contributed by atoms with van der Waals surface area (Å²) in [5, 5.41) is 0.888. The van der Waals surface area contributed by atoms with Crippen molar-refractivity contribution in [3.8, 4) is 0 Å². The summed E-state index contributed by atoms with van der Waals surface area (Å²) < 4.78 is 0. The highest BCUT2D eigenvalue weighted by Crippen LogP contribution is 2.32. The number of carbonyl (C=O) groups excluding carboxylic acids is 1. The van der Waals surface area contributed by atoms with Gasteiger partial charge in [-0.05, 0) is 33.6 Å². The number of likely N-dealkylation sites (tertiary alicyclic amines) is 1. The summed E-state index contributed by atoms with van der Waals surface area (Å²) in [6.45, 7) is 6.22. The number of rotatable bonds is 2. The summed E-state index contributed by atoms with van der Waals surface area (Å²) in [5.74, 6) is 0.560. The summed E-state index contributed by atoms with van der Waals surface area (Å²) in [6.07, 6.45) is 1.72. The molecule has 0 saturated carbocycles. The molecule has 2 aromatic heterocycles. The zero-order valence-electron chi connectivity index (χ0n) is 12.8. The highest BCUT2D eigenvalue weighted by molar-refractivity contribution is 7.13. The van der Waals surface area contributed by atoms with Crippen LogP contribution in [0.4, 0.5) is 0 Å². The van der Waals surface area contributed by atoms with Gasteiger partial charge < -0.3 is 9.88 Å². The summed E-state index contributed by atoms with van der Waals surface area (Å²) in [5.41, 5.74) is 1.26. The van der Waals surface area contributed by atoms with Crippen molar-refractivity contribution < 1.29 is 4.79 Å². The summed E-state index contributed by atoms with van der Waals surface area (Å²) in [7, 11) is 0. The van der Waals surface area contributed by atoms with Crippen LogP contribution < -0.4 is 5.56 Å². The van der Waals surface area contributed by atoms with E-state index < -0.39 is 0 Å². The van der Waals surface area contributed by atoms with Crippen LogP contribution in [0.2, 0.25) is 0 Å². The van der Waals surface area contributed by atoms with Crippen LogP contribution in [0.15, 0.2) is 10.9 Å². The number of hydrogen-bond donors (Lipinski definition) is 1. The first kappa shape index (κ1) is 14.9. The standard InChI is InChI=1S/C15H18N4O2S/c1-8-7-12(20)18-14(16-8)11-5-4-6-19(11)15(21)13-9(2)17-10(3)22-13/h7,11H,4-6H2,1-3H3,(H,16,18,20)/t11-/m1/s1. The van der Waals surface area contributed by atoms with E-state index in [1.54, 1.807) is 11.8 Å². The Kier molecular flexibility index (Phi) is 3.82. The number of amides is 1. The Morgan fingerprint density at radius 1 is 1.36 bits per heavy atom. The fraction of sp³-hybridized carbons (Fsp3) is 0.467. The van der Waals surface area contributed by atoms with Gasteiger partial charge in [-0.3, -0.25) is 9.59 Å². The zero-order valence-corrected chi connectivity index (χ0v) is 13.7. The number of carbonyl (C=O) groups is 1. The summed E-state index contributed by atoms with van der Waals surface area (Å²) >= 11 is 1.42. The maximum absolute atomic E-state index is 12.8. The van der Waals surface area contributed by atoms with Crippen molar-refractivity contribution in [3.05, 3.63) is 43.5 Å². The highest BCUT2D eigenvalue weighted by Gasteiger charge is 2.33. The molecule has 3 heterocycles. The van der Waals surface area contributed by atoms with Crippen molar-refractivity contribution in [2.24, 2.45) is 0 Å². The Morgan fingerprint density at radius 2 is 2.14 bits per heavy atom. The van der Waals surface area contributed by atoms with Gasteiger partial charge in [0.1, 0.15) is 10.7 Å². The molecule has 6 nitrogen and oxygen atoms in total. The van der Waals surface area contributed by atoms with Gasteiger partial charge in [-0.15, -0.1) is 11.3 Å². The molecule has 0 spiro atoms. The molecule has 0 radical (unpaired) electrons. The maximum atomic E-state index is 12.8. The van der Waals surface area contributed by atoms with E-state index in [4.69, 9.17) is 0 Å². The van der Waals surface area contributed by atoms with E-state index in [1.807, 2.05) is 13.8 Å². The molecule has 2 aromatic rings. The lowest BCUT2D eigenvalue weighted by atomic mass is 10.2. The molecule has 1 amide bonds. The van der Waals surface area contributed by atoms with Crippen LogP contribution >= 0.6 is 11.3 Å². The number of H-pyrrole nitrogens is 1. The molecule has 3 rings (SSSR count). The van der Waals surface area contributed by atoms with Crippen LogP contribution in [-0.2, 0) is 0 Å². The minimum Gasteiger partial charge on any atom is -0.328 e. The first-order chi connectivity index (χ1) is 10.5. The molecule has 1 saturated heterocycles. The third-order valence-electron chi connectivity index (χ3n) is 3.82. The van der Waals surface area contributed by atoms with E-state index >= 15 is 0 Å². The molecule has 1 fully saturated rings. The Labute approximate surface area is 132 Å². The Hall–Kier alpha value is -2.02. The largest absolute Gasteiger partial charge is 0.328 e. The third-order valence-corrected chi connectivity index (χ3v) is 4.88. The third kappa shape index (κ3) is 2.68. The fourth-order valence-corrected chi connectivity index (χ4v) is 3.79. The van der Waals surface area contributed by atoms with E-state index in [0.29, 0.717) is 22.9 Å². The average Bonchev–Trinajstić information content (AvgIpc) is 3.03. The van der Waals surface area contributed by atoms with Crippen LogP contribution in [0.5, 0.6) is 0 Å². The summed E-state index contributed by atoms with van der Waals surface area (Å²) in [6, 6.07) is 1.29. The van der Waals surface area contributed by atoms with Crippen LogP contribution in [-0.4, -0.2) is 32.3 Å². The molecule has 116 valence electrons. The second kappa shape index (κ2) is 5.64. The van der Waals surface area contributed by atoms with Crippen LogP contribution in [0.25, 0.3) is 0 Å². The first-order valence-electron chi connectivity index (χ1n) is 7.28. The van der Waals surface area contributed by atoms with Gasteiger partial charge in [0.25, 0.3) is 11.5 Å². The van der Waals surface area contributed by atoms with Crippen molar-refractivity contribution in [1.82, 2.24) is 19.9 Å². The Bertz CT molecular complexity index is 780. The van der Waals surface area contributed by atoms with Crippen molar-refractivity contribution in [2.75, 3.05) is 6.54 Å². The molecule has 22 heavy (non-hydrogen) atoms. The Balaban J connectivity index is 1.94. The molecule has 1 atom stereocenters. The smallest absolute Gasteiger partial charge is 0.266 e. The number of thiazole rings is 1. The van der Waals surface area contributed by atoms with Crippen molar-refractivity contribution in [2.45, 2.75) is 39.7 Å². The number of aromatic nitrogens is 3. The minimum atomic E-state index is -0.174. The number of hydrogen-bond acceptors (Lipinski definition) is 5. The molecule has 0 aromatic carbocycles. The number of nitrogens with one attached hydrogen (secondary N) is 1. The van der Waals surface area contributed by atoms with Gasteiger partial charge >= 0.3 is 0 Å². The van der Waals surface area contributed by atoms with Gasteiger partial charge in [0.2, 0.25) is 0 Å². The molecule has 7 heteroatoms. The normalized spacial score (nSPS) is 18.0. The van der Waals surface area contributed by atoms with E-state index in [-0.39, 0.29) is 17.5 Å². The van der Waals surface area contributed by atoms with Gasteiger partial charge in [-0.25, -0.2) is 9.97 Å². The van der Waals surface area contributed by atoms with E-state index in [9.17, 15) is 9.59 Å². The van der Waals surface area contributed by atoms with Crippen molar-refractivity contribution >= 4 is 17.2 Å². The quantitative estimate of drug-likeness (QED) is 0.920. The highest BCUT2D eigenvalue weighted by atomic mass is 32.1. The van der Waals surface area contributed by atoms with E-state index in [0.717, 1.165) is 23.5 Å². The predicted molar refractivity (Wildman–Crippen MR) is 84.2 cm³/mol. The van der Waals surface area contributed by atoms with E-state index in [2.05, 4.69) is 15.0 Å². The van der Waals surface area contributed by atoms with Crippen LogP contribution in [0, 0.1) is 20.8 Å². The number of aryl methyl sites for hydroxylation is 3. The van der Waals surface area contributed by atoms with Gasteiger partial charge in [0.15, 0.2) is 0 Å². The predicted octanol–water partition coefficient (Wildman–Crippen LogP) is 2.13. The van der Waals surface area contributed by atoms with E-state index in [1.165, 1.54) is 17.4 Å². The lowest BCUT2D eigenvalue weighted by Crippen LogP contribution is -2.32. The molecule has 1 aliphatic rings. The molecule has 1 N–H and O–H groups in total. The SMILES string of the molecule is Cc1cc(=O)[nH]c([C@H]2CCCN2C(=O)c2sc(C)nc2C)n1. The molecular formula is C15H18N4O2S. The van der Waals surface area contributed by atoms with Gasteiger partial charge in [-0.2, -0.15) is 0 Å². The second-order valence-electron chi connectivity index (χ2n) is 5.58. The lowest BCUT2D eigenvalue weighted by molar-refractivity contribution is 0.0733. The Morgan fingerprint density at radius 3 is 2.77 bits per heavy atom. The first-order valence-corrected chi connectivity index (χ1v) is 8.10. The molecular weight excluding hydrogens is 300 g/mol. The van der Waals surface area contributed by atoms with Gasteiger partial charge in [0.05, 0.1) is 16.7 Å². The summed E-state index contributed by atoms with van der Waals surface area (Å²) in [4.78, 5) is 38.5. The topological polar surface area (TPSA) is 79.0 Å². The van der Waals surface area contributed by atoms with Crippen LogP contribution in [0.1, 0.15) is 50.8 Å². The molecule has 0 unspecified atom stereocenters. The number of aromatic amines is 1. The minimum absolute atomic E-state index is 0.0187. The maximum Gasteiger partial charge on any atom is 0.266 e. The van der Waals surface area contributed by atoms with Gasteiger partial charge in [0, 0.05) is 18.3 Å². The number of nitrogens with zero attached hydrogens (tertiary/aromatic N) is 3.